The summed E-state index contributed by atoms with van der Waals surface area (Å²) in [5.74, 6) is -1.94. The second-order valence-electron chi connectivity index (χ2n) is 6.46. The van der Waals surface area contributed by atoms with Crippen molar-refractivity contribution in [2.45, 2.75) is 17.3 Å². The highest BCUT2D eigenvalue weighted by Gasteiger charge is 2.19. The van der Waals surface area contributed by atoms with E-state index in [0.717, 1.165) is 22.3 Å². The molecule has 0 aliphatic heterocycles. The molecule has 0 bridgehead atoms. The van der Waals surface area contributed by atoms with Crippen LogP contribution in [-0.2, 0) is 0 Å². The third-order valence-electron chi connectivity index (χ3n) is 4.52. The highest BCUT2D eigenvalue weighted by Crippen LogP contribution is 2.35. The first-order valence-electron chi connectivity index (χ1n) is 8.83. The van der Waals surface area contributed by atoms with Gasteiger partial charge in [0.1, 0.15) is 17.5 Å². The van der Waals surface area contributed by atoms with E-state index in [1.165, 1.54) is 30.0 Å². The summed E-state index contributed by atoms with van der Waals surface area (Å²) in [7, 11) is 0. The quantitative estimate of drug-likeness (QED) is 0.321. The first kappa shape index (κ1) is 19.3. The van der Waals surface area contributed by atoms with Crippen LogP contribution in [-0.4, -0.2) is 9.55 Å². The van der Waals surface area contributed by atoms with Crippen molar-refractivity contribution in [3.8, 4) is 5.69 Å². The maximum atomic E-state index is 14.5. The molecule has 4 aromatic rings. The van der Waals surface area contributed by atoms with Crippen molar-refractivity contribution in [1.82, 2.24) is 9.55 Å². The monoisotopic (exact) mass is 412 g/mol. The number of halogens is 3. The van der Waals surface area contributed by atoms with Crippen LogP contribution < -0.4 is 5.56 Å². The van der Waals surface area contributed by atoms with E-state index in [0.29, 0.717) is 10.9 Å². The number of aromatic nitrogens is 2. The molecule has 3 nitrogen and oxygen atoms in total. The van der Waals surface area contributed by atoms with E-state index in [-0.39, 0.29) is 21.9 Å². The molecule has 1 heterocycles. The summed E-state index contributed by atoms with van der Waals surface area (Å²) >= 11 is 1.23. The fraction of sp³-hybridized carbons (Fsp3) is 0.0909. The van der Waals surface area contributed by atoms with Gasteiger partial charge in [0.15, 0.2) is 5.16 Å². The molecular formula is C22H15F3N2OS. The summed E-state index contributed by atoms with van der Waals surface area (Å²) in [6, 6.07) is 15.8. The molecule has 0 spiro atoms. The molecule has 0 aliphatic carbocycles. The smallest absolute Gasteiger partial charge is 0.266 e. The molecule has 0 N–H and O–H groups in total. The van der Waals surface area contributed by atoms with Gasteiger partial charge in [-0.2, -0.15) is 0 Å². The number of hydrogen-bond donors (Lipinski definition) is 0. The molecule has 0 unspecified atom stereocenters. The van der Waals surface area contributed by atoms with Gasteiger partial charge in [-0.1, -0.05) is 36.0 Å². The minimum absolute atomic E-state index is 0.0801. The predicted molar refractivity (Wildman–Crippen MR) is 108 cm³/mol. The van der Waals surface area contributed by atoms with Gasteiger partial charge in [-0.15, -0.1) is 0 Å². The lowest BCUT2D eigenvalue weighted by molar-refractivity contribution is 0.572. The van der Waals surface area contributed by atoms with Crippen LogP contribution in [0, 0.1) is 17.5 Å². The minimum Gasteiger partial charge on any atom is -0.268 e. The first-order valence-corrected chi connectivity index (χ1v) is 9.71. The first-order chi connectivity index (χ1) is 13.9. The maximum absolute atomic E-state index is 14.5. The number of benzene rings is 3. The number of fused-ring (bicyclic) bond motifs is 1. The van der Waals surface area contributed by atoms with Gasteiger partial charge in [0, 0.05) is 11.3 Å². The third kappa shape index (κ3) is 3.78. The zero-order valence-electron chi connectivity index (χ0n) is 15.3. The molecule has 3 aromatic carbocycles. The van der Waals surface area contributed by atoms with Crippen molar-refractivity contribution in [3.63, 3.8) is 0 Å². The molecule has 1 atom stereocenters. The Morgan fingerprint density at radius 1 is 0.931 bits per heavy atom. The lowest BCUT2D eigenvalue weighted by atomic mass is 10.2. The Kier molecular flexibility index (Phi) is 5.15. The molecule has 0 saturated carbocycles. The summed E-state index contributed by atoms with van der Waals surface area (Å²) in [6.45, 7) is 1.88. The predicted octanol–water partition coefficient (Wildman–Crippen LogP) is 5.66. The van der Waals surface area contributed by atoms with Crippen molar-refractivity contribution < 1.29 is 13.2 Å². The second-order valence-corrected chi connectivity index (χ2v) is 7.77. The van der Waals surface area contributed by atoms with E-state index in [4.69, 9.17) is 0 Å². The van der Waals surface area contributed by atoms with Gasteiger partial charge in [-0.25, -0.2) is 18.2 Å². The third-order valence-corrected chi connectivity index (χ3v) is 5.63. The fourth-order valence-electron chi connectivity index (χ4n) is 3.03. The van der Waals surface area contributed by atoms with Gasteiger partial charge >= 0.3 is 0 Å². The molecule has 1 aromatic heterocycles. The minimum atomic E-state index is -0.861. The van der Waals surface area contributed by atoms with E-state index in [9.17, 15) is 18.0 Å². The van der Waals surface area contributed by atoms with Crippen LogP contribution >= 0.6 is 11.8 Å². The molecule has 7 heteroatoms. The van der Waals surface area contributed by atoms with Gasteiger partial charge in [-0.3, -0.25) is 9.36 Å². The summed E-state index contributed by atoms with van der Waals surface area (Å²) in [5.41, 5.74) is 0.772. The van der Waals surface area contributed by atoms with Crippen molar-refractivity contribution in [2.24, 2.45) is 0 Å². The zero-order chi connectivity index (χ0) is 20.5. The molecule has 0 radical (unpaired) electrons. The standard InChI is InChI=1S/C22H15F3N2OS/c1-13(14-6-8-15(23)9-7-14)29-22-26-19-5-3-2-4-17(19)21(28)27(22)20-11-10-16(24)12-18(20)25/h2-13H,1H3/t13-/m0/s1. The fourth-order valence-corrected chi connectivity index (χ4v) is 4.07. The number of nitrogens with zero attached hydrogens (tertiary/aromatic N) is 2. The molecule has 0 saturated heterocycles. The summed E-state index contributed by atoms with van der Waals surface area (Å²) < 4.78 is 42.3. The van der Waals surface area contributed by atoms with Crippen LogP contribution in [0.1, 0.15) is 17.7 Å². The van der Waals surface area contributed by atoms with Gasteiger partial charge < -0.3 is 0 Å². The van der Waals surface area contributed by atoms with Crippen molar-refractivity contribution in [2.75, 3.05) is 0 Å². The van der Waals surface area contributed by atoms with Crippen LogP contribution in [0.2, 0.25) is 0 Å². The molecule has 0 aliphatic rings. The average Bonchev–Trinajstić information content (AvgIpc) is 2.70. The number of para-hydroxylation sites is 1. The Balaban J connectivity index is 1.89. The lowest BCUT2D eigenvalue weighted by Crippen LogP contribution is -2.23. The summed E-state index contributed by atoms with van der Waals surface area (Å²) in [6.07, 6.45) is 0. The zero-order valence-corrected chi connectivity index (χ0v) is 16.1. The molecule has 0 fully saturated rings. The van der Waals surface area contributed by atoms with E-state index >= 15 is 0 Å². The van der Waals surface area contributed by atoms with Gasteiger partial charge in [0.25, 0.3) is 5.56 Å². The van der Waals surface area contributed by atoms with Crippen molar-refractivity contribution in [3.05, 3.63) is 100 Å². The van der Waals surface area contributed by atoms with Crippen LogP contribution in [0.25, 0.3) is 16.6 Å². The SMILES string of the molecule is C[C@H](Sc1nc2ccccc2c(=O)n1-c1ccc(F)cc1F)c1ccc(F)cc1. The Hall–Kier alpha value is -3.06. The van der Waals surface area contributed by atoms with Crippen LogP contribution in [0.4, 0.5) is 13.2 Å². The van der Waals surface area contributed by atoms with Gasteiger partial charge in [-0.05, 0) is 48.9 Å². The summed E-state index contributed by atoms with van der Waals surface area (Å²) in [5, 5.41) is 0.393. The molecule has 0 amide bonds. The maximum Gasteiger partial charge on any atom is 0.266 e. The normalized spacial score (nSPS) is 12.3. The highest BCUT2D eigenvalue weighted by molar-refractivity contribution is 7.99. The molecular weight excluding hydrogens is 397 g/mol. The number of rotatable bonds is 4. The highest BCUT2D eigenvalue weighted by atomic mass is 32.2. The van der Waals surface area contributed by atoms with Crippen LogP contribution in [0.5, 0.6) is 0 Å². The molecule has 29 heavy (non-hydrogen) atoms. The van der Waals surface area contributed by atoms with Crippen molar-refractivity contribution >= 4 is 22.7 Å². The lowest BCUT2D eigenvalue weighted by Gasteiger charge is -2.17. The van der Waals surface area contributed by atoms with E-state index < -0.39 is 17.2 Å². The number of thioether (sulfide) groups is 1. The van der Waals surface area contributed by atoms with E-state index in [2.05, 4.69) is 4.98 Å². The van der Waals surface area contributed by atoms with E-state index in [1.54, 1.807) is 36.4 Å². The topological polar surface area (TPSA) is 34.9 Å². The van der Waals surface area contributed by atoms with Crippen LogP contribution in [0.3, 0.4) is 0 Å². The Bertz CT molecular complexity index is 1260. The average molecular weight is 412 g/mol. The molecule has 146 valence electrons. The Morgan fingerprint density at radius 3 is 2.34 bits per heavy atom. The Labute approximate surface area is 168 Å². The summed E-state index contributed by atoms with van der Waals surface area (Å²) in [4.78, 5) is 17.7. The molecule has 4 rings (SSSR count). The van der Waals surface area contributed by atoms with Crippen molar-refractivity contribution in [1.29, 1.82) is 0 Å². The van der Waals surface area contributed by atoms with Crippen LogP contribution in [0.15, 0.2) is 76.7 Å². The number of hydrogen-bond acceptors (Lipinski definition) is 3. The van der Waals surface area contributed by atoms with Gasteiger partial charge in [0.2, 0.25) is 0 Å². The van der Waals surface area contributed by atoms with E-state index in [1.807, 2.05) is 6.92 Å². The van der Waals surface area contributed by atoms with Gasteiger partial charge in [0.05, 0.1) is 16.6 Å². The largest absolute Gasteiger partial charge is 0.268 e. The second kappa shape index (κ2) is 7.75. The Morgan fingerprint density at radius 2 is 1.62 bits per heavy atom.